The number of carboxylic acid groups (broad SMARTS) is 1. The molecule has 4 heteroatoms. The van der Waals surface area contributed by atoms with Crippen LogP contribution in [0.5, 0.6) is 0 Å². The van der Waals surface area contributed by atoms with E-state index < -0.39 is 11.4 Å². The molecule has 0 aromatic rings. The molecule has 4 fully saturated rings. The van der Waals surface area contributed by atoms with Crippen molar-refractivity contribution in [3.8, 4) is 0 Å². The Balaban J connectivity index is 2.02. The van der Waals surface area contributed by atoms with Gasteiger partial charge in [0.05, 0.1) is 11.1 Å². The Morgan fingerprint density at radius 2 is 2.24 bits per heavy atom. The maximum atomic E-state index is 11.7. The number of carbonyl (C=O) groups is 1. The summed E-state index contributed by atoms with van der Waals surface area (Å²) >= 11 is 0. The quantitative estimate of drug-likeness (QED) is 0.748. The molecule has 5 unspecified atom stereocenters. The molecular formula is C13H19NO3. The van der Waals surface area contributed by atoms with Gasteiger partial charge in [0.1, 0.15) is 7.11 Å². The van der Waals surface area contributed by atoms with Crippen LogP contribution in [0, 0.1) is 29.1 Å². The smallest absolute Gasteiger partial charge is 0.309 e. The number of aliphatic carboxylic acids is 1. The first-order valence-electron chi connectivity index (χ1n) is 6.43. The van der Waals surface area contributed by atoms with Crippen LogP contribution in [0.15, 0.2) is 5.16 Å². The Morgan fingerprint density at radius 1 is 1.47 bits per heavy atom. The number of hydrogen-bond acceptors (Lipinski definition) is 3. The van der Waals surface area contributed by atoms with E-state index >= 15 is 0 Å². The lowest BCUT2D eigenvalue weighted by Crippen LogP contribution is -2.59. The maximum absolute atomic E-state index is 11.7. The molecule has 0 saturated heterocycles. The van der Waals surface area contributed by atoms with E-state index in [1.165, 1.54) is 0 Å². The molecule has 4 saturated carbocycles. The van der Waals surface area contributed by atoms with Crippen molar-refractivity contribution in [3.05, 3.63) is 0 Å². The van der Waals surface area contributed by atoms with E-state index in [9.17, 15) is 9.90 Å². The average molecular weight is 237 g/mol. The molecule has 0 spiro atoms. The number of hydrogen-bond donors (Lipinski definition) is 1. The summed E-state index contributed by atoms with van der Waals surface area (Å²) in [7, 11) is 1.58. The van der Waals surface area contributed by atoms with Gasteiger partial charge >= 0.3 is 5.97 Å². The molecule has 0 radical (unpaired) electrons. The van der Waals surface area contributed by atoms with E-state index in [1.54, 1.807) is 7.11 Å². The molecule has 4 rings (SSSR count). The van der Waals surface area contributed by atoms with Gasteiger partial charge in [0.25, 0.3) is 0 Å². The fourth-order valence-corrected chi connectivity index (χ4v) is 4.63. The topological polar surface area (TPSA) is 58.9 Å². The van der Waals surface area contributed by atoms with E-state index in [2.05, 4.69) is 12.1 Å². The van der Waals surface area contributed by atoms with Crippen LogP contribution >= 0.6 is 0 Å². The normalized spacial score (nSPS) is 49.6. The molecule has 0 heterocycles. The number of oxime groups is 1. The van der Waals surface area contributed by atoms with Gasteiger partial charge < -0.3 is 9.94 Å². The van der Waals surface area contributed by atoms with E-state index in [0.717, 1.165) is 31.4 Å². The summed E-state index contributed by atoms with van der Waals surface area (Å²) < 4.78 is 0. The zero-order valence-electron chi connectivity index (χ0n) is 10.3. The van der Waals surface area contributed by atoms with Crippen LogP contribution in [0.1, 0.15) is 32.6 Å². The van der Waals surface area contributed by atoms with Crippen molar-refractivity contribution in [2.24, 2.45) is 34.2 Å². The van der Waals surface area contributed by atoms with Crippen molar-refractivity contribution in [1.82, 2.24) is 0 Å². The van der Waals surface area contributed by atoms with Gasteiger partial charge in [0.2, 0.25) is 0 Å². The monoisotopic (exact) mass is 237 g/mol. The van der Waals surface area contributed by atoms with Crippen LogP contribution < -0.4 is 0 Å². The lowest BCUT2D eigenvalue weighted by Gasteiger charge is -2.58. The molecule has 4 nitrogen and oxygen atoms in total. The van der Waals surface area contributed by atoms with Gasteiger partial charge in [-0.05, 0) is 37.5 Å². The van der Waals surface area contributed by atoms with Crippen LogP contribution in [0.2, 0.25) is 0 Å². The summed E-state index contributed by atoms with van der Waals surface area (Å²) in [6.45, 7) is 2.09. The zero-order valence-corrected chi connectivity index (χ0v) is 10.3. The summed E-state index contributed by atoms with van der Waals surface area (Å²) in [4.78, 5) is 16.6. The lowest BCUT2D eigenvalue weighted by atomic mass is 9.45. The van der Waals surface area contributed by atoms with E-state index in [-0.39, 0.29) is 5.92 Å². The molecule has 0 aromatic heterocycles. The van der Waals surface area contributed by atoms with E-state index in [4.69, 9.17) is 4.84 Å². The highest BCUT2D eigenvalue weighted by Gasteiger charge is 2.61. The van der Waals surface area contributed by atoms with Crippen molar-refractivity contribution in [2.75, 3.05) is 7.11 Å². The second-order valence-corrected chi connectivity index (χ2v) is 6.00. The molecule has 1 N–H and O–H groups in total. The first kappa shape index (κ1) is 11.1. The molecule has 17 heavy (non-hydrogen) atoms. The third-order valence-corrected chi connectivity index (χ3v) is 5.36. The third kappa shape index (κ3) is 1.30. The molecule has 94 valence electrons. The predicted molar refractivity (Wildman–Crippen MR) is 62.6 cm³/mol. The van der Waals surface area contributed by atoms with Gasteiger partial charge in [0, 0.05) is 11.8 Å². The molecule has 0 aromatic carbocycles. The Kier molecular flexibility index (Phi) is 2.25. The van der Waals surface area contributed by atoms with E-state index in [0.29, 0.717) is 17.8 Å². The van der Waals surface area contributed by atoms with Gasteiger partial charge in [-0.1, -0.05) is 12.1 Å². The predicted octanol–water partition coefficient (Wildman–Crippen LogP) is 2.15. The van der Waals surface area contributed by atoms with Crippen LogP contribution in [0.25, 0.3) is 0 Å². The van der Waals surface area contributed by atoms with Crippen molar-refractivity contribution < 1.29 is 14.7 Å². The van der Waals surface area contributed by atoms with Gasteiger partial charge in [0.15, 0.2) is 0 Å². The van der Waals surface area contributed by atoms with Crippen LogP contribution in [-0.2, 0) is 9.63 Å². The Bertz CT molecular complexity index is 392. The largest absolute Gasteiger partial charge is 0.481 e. The van der Waals surface area contributed by atoms with Crippen molar-refractivity contribution in [1.29, 1.82) is 0 Å². The van der Waals surface area contributed by atoms with Crippen LogP contribution in [0.3, 0.4) is 0 Å². The summed E-state index contributed by atoms with van der Waals surface area (Å²) in [6, 6.07) is 0. The molecular weight excluding hydrogens is 218 g/mol. The molecule has 5 atom stereocenters. The Labute approximate surface area is 101 Å². The Morgan fingerprint density at radius 3 is 2.88 bits per heavy atom. The molecule has 0 amide bonds. The Hall–Kier alpha value is -1.06. The zero-order chi connectivity index (χ0) is 12.2. The first-order valence-corrected chi connectivity index (χ1v) is 6.43. The number of rotatable bonds is 2. The van der Waals surface area contributed by atoms with Gasteiger partial charge in [-0.3, -0.25) is 4.79 Å². The van der Waals surface area contributed by atoms with Crippen LogP contribution in [-0.4, -0.2) is 23.9 Å². The highest BCUT2D eigenvalue weighted by molar-refractivity contribution is 5.93. The minimum absolute atomic E-state index is 0.196. The lowest BCUT2D eigenvalue weighted by molar-refractivity contribution is -0.165. The standard InChI is InChI=1S/C13H19NO3/c1-7-10-4-8-3-9(11(10)14-17-2)6-13(7,5-8)12(15)16/h7-10H,3-6H2,1-2H3,(H,15,16)/b14-11-. The number of nitrogens with zero attached hydrogens (tertiary/aromatic N) is 1. The third-order valence-electron chi connectivity index (χ3n) is 5.36. The summed E-state index contributed by atoms with van der Waals surface area (Å²) in [6.07, 6.45) is 3.85. The highest BCUT2D eigenvalue weighted by atomic mass is 16.6. The second kappa shape index (κ2) is 3.47. The average Bonchev–Trinajstić information content (AvgIpc) is 2.29. The first-order chi connectivity index (χ1) is 8.08. The summed E-state index contributed by atoms with van der Waals surface area (Å²) in [5.74, 6) is 0.862. The van der Waals surface area contributed by atoms with Crippen molar-refractivity contribution in [3.63, 3.8) is 0 Å². The second-order valence-electron chi connectivity index (χ2n) is 6.00. The number of carboxylic acids is 1. The van der Waals surface area contributed by atoms with Crippen molar-refractivity contribution >= 4 is 11.7 Å². The summed E-state index contributed by atoms with van der Waals surface area (Å²) in [5.41, 5.74) is 0.649. The fourth-order valence-electron chi connectivity index (χ4n) is 4.63. The van der Waals surface area contributed by atoms with E-state index in [1.807, 2.05) is 0 Å². The maximum Gasteiger partial charge on any atom is 0.309 e. The van der Waals surface area contributed by atoms with Crippen molar-refractivity contribution in [2.45, 2.75) is 32.6 Å². The van der Waals surface area contributed by atoms with Gasteiger partial charge in [-0.25, -0.2) is 0 Å². The SMILES string of the molecule is CO/N=C1/C2CC3CC1C(C)C(C(=O)O)(C3)C2. The highest BCUT2D eigenvalue weighted by Crippen LogP contribution is 2.61. The summed E-state index contributed by atoms with van der Waals surface area (Å²) in [5, 5.41) is 13.8. The minimum Gasteiger partial charge on any atom is -0.481 e. The molecule has 0 aliphatic heterocycles. The van der Waals surface area contributed by atoms with Crippen LogP contribution in [0.4, 0.5) is 0 Å². The van der Waals surface area contributed by atoms with Gasteiger partial charge in [-0.15, -0.1) is 0 Å². The van der Waals surface area contributed by atoms with Gasteiger partial charge in [-0.2, -0.15) is 0 Å². The molecule has 4 aliphatic carbocycles. The molecule has 4 aliphatic rings. The molecule has 4 bridgehead atoms. The fraction of sp³-hybridized carbons (Fsp3) is 0.846. The minimum atomic E-state index is -0.596.